The summed E-state index contributed by atoms with van der Waals surface area (Å²) in [4.78, 5) is 21.3. The molecule has 1 aromatic carbocycles. The van der Waals surface area contributed by atoms with E-state index in [1.165, 1.54) is 30.6 Å². The highest BCUT2D eigenvalue weighted by Gasteiger charge is 2.30. The fraction of sp³-hybridized carbons (Fsp3) is 0.500. The van der Waals surface area contributed by atoms with E-state index in [0.29, 0.717) is 12.0 Å². The number of halogens is 1. The van der Waals surface area contributed by atoms with E-state index in [2.05, 4.69) is 35.2 Å². The van der Waals surface area contributed by atoms with Crippen molar-refractivity contribution < 1.29 is 4.79 Å². The van der Waals surface area contributed by atoms with Crippen LogP contribution < -0.4 is 0 Å². The molecule has 1 aromatic heterocycles. The van der Waals surface area contributed by atoms with E-state index in [1.807, 2.05) is 17.0 Å². The number of hydrogen-bond donors (Lipinski definition) is 0. The van der Waals surface area contributed by atoms with Crippen molar-refractivity contribution in [2.24, 2.45) is 0 Å². The second kappa shape index (κ2) is 9.27. The zero-order chi connectivity index (χ0) is 20.2. The summed E-state index contributed by atoms with van der Waals surface area (Å²) < 4.78 is 0. The summed E-state index contributed by atoms with van der Waals surface area (Å²) in [5, 5.41) is 0.770. The lowest BCUT2D eigenvalue weighted by Gasteiger charge is -2.42. The fourth-order valence-corrected chi connectivity index (χ4v) is 4.89. The summed E-state index contributed by atoms with van der Waals surface area (Å²) in [6, 6.07) is 15.1. The van der Waals surface area contributed by atoms with Crippen LogP contribution in [-0.2, 0) is 11.2 Å². The minimum atomic E-state index is 0.210. The van der Waals surface area contributed by atoms with Gasteiger partial charge in [-0.25, -0.2) is 0 Å². The Hall–Kier alpha value is -1.91. The van der Waals surface area contributed by atoms with Crippen molar-refractivity contribution in [3.63, 3.8) is 0 Å². The standard InChI is InChI=1S/C24H30ClN3O/c1-18(29)27-14-11-23(12-15-27)28-13-3-4-20(17-28)24-6-2-5-22(26-24)16-19-7-9-21(25)10-8-19/h2,5-10,20,23H,3-4,11-17H2,1H3/t20-/m0/s1. The highest BCUT2D eigenvalue weighted by atomic mass is 35.5. The topological polar surface area (TPSA) is 36.4 Å². The first-order valence-corrected chi connectivity index (χ1v) is 11.2. The van der Waals surface area contributed by atoms with Crippen molar-refractivity contribution in [2.75, 3.05) is 26.2 Å². The van der Waals surface area contributed by atoms with Gasteiger partial charge in [0.15, 0.2) is 0 Å². The predicted molar refractivity (Wildman–Crippen MR) is 117 cm³/mol. The Morgan fingerprint density at radius 2 is 1.83 bits per heavy atom. The molecular weight excluding hydrogens is 382 g/mol. The van der Waals surface area contributed by atoms with Gasteiger partial charge in [0.1, 0.15) is 0 Å². The molecule has 0 radical (unpaired) electrons. The van der Waals surface area contributed by atoms with Crippen molar-refractivity contribution in [3.8, 4) is 0 Å². The van der Waals surface area contributed by atoms with Gasteiger partial charge in [0.05, 0.1) is 0 Å². The molecule has 2 fully saturated rings. The van der Waals surface area contributed by atoms with E-state index >= 15 is 0 Å². The molecule has 5 heteroatoms. The van der Waals surface area contributed by atoms with Gasteiger partial charge >= 0.3 is 0 Å². The molecular formula is C24H30ClN3O. The average Bonchev–Trinajstić information content (AvgIpc) is 2.76. The SMILES string of the molecule is CC(=O)N1CCC(N2CCC[C@H](c3cccc(Cc4ccc(Cl)cc4)n3)C2)CC1. The molecule has 2 aliphatic heterocycles. The van der Waals surface area contributed by atoms with E-state index in [0.717, 1.165) is 49.6 Å². The largest absolute Gasteiger partial charge is 0.343 e. The van der Waals surface area contributed by atoms with Gasteiger partial charge in [0.2, 0.25) is 5.91 Å². The minimum Gasteiger partial charge on any atom is -0.343 e. The van der Waals surface area contributed by atoms with Crippen molar-refractivity contribution in [1.82, 2.24) is 14.8 Å². The highest BCUT2D eigenvalue weighted by Crippen LogP contribution is 2.29. The van der Waals surface area contributed by atoms with Crippen LogP contribution in [-0.4, -0.2) is 52.9 Å². The number of pyridine rings is 1. The fourth-order valence-electron chi connectivity index (χ4n) is 4.76. The average molecular weight is 412 g/mol. The number of hydrogen-bond acceptors (Lipinski definition) is 3. The van der Waals surface area contributed by atoms with Gasteiger partial charge in [0, 0.05) is 61.3 Å². The molecule has 3 heterocycles. The van der Waals surface area contributed by atoms with Crippen molar-refractivity contribution in [1.29, 1.82) is 0 Å². The predicted octanol–water partition coefficient (Wildman–Crippen LogP) is 4.52. The van der Waals surface area contributed by atoms with E-state index in [9.17, 15) is 4.79 Å². The van der Waals surface area contributed by atoms with E-state index in [-0.39, 0.29) is 5.91 Å². The first kappa shape index (κ1) is 20.4. The van der Waals surface area contributed by atoms with E-state index in [1.54, 1.807) is 6.92 Å². The number of carbonyl (C=O) groups is 1. The van der Waals surface area contributed by atoms with Crippen molar-refractivity contribution >= 4 is 17.5 Å². The zero-order valence-electron chi connectivity index (χ0n) is 17.2. The minimum absolute atomic E-state index is 0.210. The lowest BCUT2D eigenvalue weighted by molar-refractivity contribution is -0.130. The van der Waals surface area contributed by atoms with Crippen molar-refractivity contribution in [3.05, 3.63) is 64.4 Å². The molecule has 1 atom stereocenters. The van der Waals surface area contributed by atoms with Crippen LogP contribution in [0, 0.1) is 0 Å². The second-order valence-corrected chi connectivity index (χ2v) is 8.86. The Kier molecular flexibility index (Phi) is 6.51. The van der Waals surface area contributed by atoms with Crippen LogP contribution in [0.25, 0.3) is 0 Å². The molecule has 4 rings (SSSR count). The molecule has 0 saturated carbocycles. The van der Waals surface area contributed by atoms with Gasteiger partial charge in [-0.2, -0.15) is 0 Å². The van der Waals surface area contributed by atoms with Gasteiger partial charge in [-0.1, -0.05) is 29.8 Å². The van der Waals surface area contributed by atoms with Crippen LogP contribution in [0.15, 0.2) is 42.5 Å². The summed E-state index contributed by atoms with van der Waals surface area (Å²) in [7, 11) is 0. The first-order chi connectivity index (χ1) is 14.1. The van der Waals surface area contributed by atoms with Crippen LogP contribution in [0.4, 0.5) is 0 Å². The summed E-state index contributed by atoms with van der Waals surface area (Å²) in [5.41, 5.74) is 3.58. The molecule has 1 amide bonds. The van der Waals surface area contributed by atoms with E-state index in [4.69, 9.17) is 16.6 Å². The van der Waals surface area contributed by atoms with Crippen molar-refractivity contribution in [2.45, 2.75) is 51.0 Å². The number of carbonyl (C=O) groups excluding carboxylic acids is 1. The van der Waals surface area contributed by atoms with Gasteiger partial charge in [0.25, 0.3) is 0 Å². The van der Waals surface area contributed by atoms with Gasteiger partial charge in [-0.05, 0) is 62.1 Å². The zero-order valence-corrected chi connectivity index (χ0v) is 17.9. The number of rotatable bonds is 4. The lowest BCUT2D eigenvalue weighted by Crippen LogP contribution is -2.49. The number of piperidine rings is 2. The summed E-state index contributed by atoms with van der Waals surface area (Å²) in [6.07, 6.45) is 5.46. The summed E-state index contributed by atoms with van der Waals surface area (Å²) >= 11 is 6.00. The Morgan fingerprint density at radius 3 is 2.55 bits per heavy atom. The van der Waals surface area contributed by atoms with Crippen LogP contribution in [0.5, 0.6) is 0 Å². The van der Waals surface area contributed by atoms with E-state index < -0.39 is 0 Å². The maximum absolute atomic E-state index is 11.6. The number of benzene rings is 1. The molecule has 0 aliphatic carbocycles. The Balaban J connectivity index is 1.39. The summed E-state index contributed by atoms with van der Waals surface area (Å²) in [6.45, 7) is 5.74. The third-order valence-electron chi connectivity index (χ3n) is 6.42. The molecule has 4 nitrogen and oxygen atoms in total. The molecule has 0 spiro atoms. The third kappa shape index (κ3) is 5.18. The van der Waals surface area contributed by atoms with Gasteiger partial charge < -0.3 is 4.90 Å². The smallest absolute Gasteiger partial charge is 0.219 e. The maximum Gasteiger partial charge on any atom is 0.219 e. The third-order valence-corrected chi connectivity index (χ3v) is 6.68. The highest BCUT2D eigenvalue weighted by molar-refractivity contribution is 6.30. The van der Waals surface area contributed by atoms with Crippen LogP contribution in [0.2, 0.25) is 5.02 Å². The Bertz CT molecular complexity index is 830. The van der Waals surface area contributed by atoms with Crippen LogP contribution in [0.3, 0.4) is 0 Å². The number of nitrogens with zero attached hydrogens (tertiary/aromatic N) is 3. The van der Waals surface area contributed by atoms with Gasteiger partial charge in [-0.15, -0.1) is 0 Å². The molecule has 154 valence electrons. The molecule has 2 aromatic rings. The molecule has 29 heavy (non-hydrogen) atoms. The molecule has 0 bridgehead atoms. The van der Waals surface area contributed by atoms with Crippen LogP contribution >= 0.6 is 11.6 Å². The maximum atomic E-state index is 11.6. The quantitative estimate of drug-likeness (QED) is 0.742. The van der Waals surface area contributed by atoms with Gasteiger partial charge in [-0.3, -0.25) is 14.7 Å². The summed E-state index contributed by atoms with van der Waals surface area (Å²) in [5.74, 6) is 0.710. The molecule has 2 saturated heterocycles. The normalized spacial score (nSPS) is 21.3. The molecule has 0 unspecified atom stereocenters. The molecule has 2 aliphatic rings. The monoisotopic (exact) mass is 411 g/mol. The second-order valence-electron chi connectivity index (χ2n) is 8.43. The number of amides is 1. The number of aromatic nitrogens is 1. The Labute approximate surface area is 178 Å². The van der Waals surface area contributed by atoms with Crippen LogP contribution in [0.1, 0.15) is 55.5 Å². The Morgan fingerprint density at radius 1 is 1.07 bits per heavy atom. The lowest BCUT2D eigenvalue weighted by atomic mass is 9.91. The molecule has 0 N–H and O–H groups in total. The first-order valence-electron chi connectivity index (χ1n) is 10.8. The number of likely N-dealkylation sites (tertiary alicyclic amines) is 2.